The Morgan fingerprint density at radius 2 is 2.20 bits per heavy atom. The maximum atomic E-state index is 10.4. The predicted octanol–water partition coefficient (Wildman–Crippen LogP) is 3.16. The minimum atomic E-state index is -0.467. The van der Waals surface area contributed by atoms with E-state index in [2.05, 4.69) is 23.2 Å². The molecule has 0 bridgehead atoms. The monoisotopic (exact) mass is 284 g/mol. The molecule has 0 fully saturated rings. The van der Waals surface area contributed by atoms with Gasteiger partial charge in [0.1, 0.15) is 0 Å². The Bertz CT molecular complexity index is 730. The van der Waals surface area contributed by atoms with Gasteiger partial charge in [0.2, 0.25) is 0 Å². The third-order valence-electron chi connectivity index (χ3n) is 4.05. The average molecular weight is 284 g/mol. The summed E-state index contributed by atoms with van der Waals surface area (Å²) in [5.41, 5.74) is 4.82. The first-order chi connectivity index (χ1) is 9.79. The van der Waals surface area contributed by atoms with Gasteiger partial charge >= 0.3 is 0 Å². The van der Waals surface area contributed by atoms with Crippen molar-refractivity contribution in [1.82, 2.24) is 9.38 Å². The lowest BCUT2D eigenvalue weighted by Crippen LogP contribution is -2.03. The molecule has 0 aliphatic heterocycles. The van der Waals surface area contributed by atoms with E-state index in [0.717, 1.165) is 22.6 Å². The molecule has 2 heterocycles. The third kappa shape index (κ3) is 2.05. The van der Waals surface area contributed by atoms with Crippen molar-refractivity contribution < 1.29 is 5.11 Å². The summed E-state index contributed by atoms with van der Waals surface area (Å²) in [7, 11) is 0. The van der Waals surface area contributed by atoms with Gasteiger partial charge in [-0.2, -0.15) is 0 Å². The van der Waals surface area contributed by atoms with Gasteiger partial charge in [-0.3, -0.25) is 4.40 Å². The Morgan fingerprint density at radius 3 is 3.10 bits per heavy atom. The zero-order valence-corrected chi connectivity index (χ0v) is 11.9. The van der Waals surface area contributed by atoms with Gasteiger partial charge in [0.25, 0.3) is 0 Å². The summed E-state index contributed by atoms with van der Waals surface area (Å²) in [6, 6.07) is 6.41. The second-order valence-electron chi connectivity index (χ2n) is 5.43. The third-order valence-corrected chi connectivity index (χ3v) is 4.82. The molecule has 4 heteroatoms. The number of fused-ring (bicyclic) bond motifs is 2. The van der Waals surface area contributed by atoms with Gasteiger partial charge in [0.15, 0.2) is 4.96 Å². The number of rotatable bonds is 3. The Hall–Kier alpha value is -1.65. The lowest BCUT2D eigenvalue weighted by molar-refractivity contribution is 0.177. The van der Waals surface area contributed by atoms with Crippen LogP contribution in [0, 0.1) is 0 Å². The first kappa shape index (κ1) is 12.1. The Morgan fingerprint density at radius 1 is 1.30 bits per heavy atom. The number of aromatic nitrogens is 2. The summed E-state index contributed by atoms with van der Waals surface area (Å²) < 4.78 is 2.01. The Kier molecular flexibility index (Phi) is 2.86. The Balaban J connectivity index is 1.57. The van der Waals surface area contributed by atoms with Gasteiger partial charge in [-0.05, 0) is 36.0 Å². The van der Waals surface area contributed by atoms with E-state index in [4.69, 9.17) is 0 Å². The number of nitrogens with zero attached hydrogens (tertiary/aromatic N) is 2. The van der Waals surface area contributed by atoms with Gasteiger partial charge in [0.05, 0.1) is 11.8 Å². The number of thiazole rings is 1. The molecule has 1 aliphatic carbocycles. The molecule has 1 aliphatic rings. The predicted molar refractivity (Wildman–Crippen MR) is 80.2 cm³/mol. The quantitative estimate of drug-likeness (QED) is 0.802. The van der Waals surface area contributed by atoms with Gasteiger partial charge in [0, 0.05) is 24.2 Å². The summed E-state index contributed by atoms with van der Waals surface area (Å²) in [6.45, 7) is 0. The van der Waals surface area contributed by atoms with Crippen LogP contribution in [0.25, 0.3) is 4.96 Å². The lowest BCUT2D eigenvalue weighted by Gasteiger charge is -2.11. The molecule has 1 aromatic carbocycles. The molecule has 20 heavy (non-hydrogen) atoms. The van der Waals surface area contributed by atoms with E-state index in [1.165, 1.54) is 24.0 Å². The molecular formula is C16H16N2OS. The highest BCUT2D eigenvalue weighted by Gasteiger charge is 2.16. The van der Waals surface area contributed by atoms with Crippen LogP contribution in [0.1, 0.15) is 34.9 Å². The first-order valence-electron chi connectivity index (χ1n) is 7.00. The first-order valence-corrected chi connectivity index (χ1v) is 7.88. The van der Waals surface area contributed by atoms with Gasteiger partial charge < -0.3 is 5.11 Å². The molecule has 102 valence electrons. The van der Waals surface area contributed by atoms with Crippen LogP contribution < -0.4 is 0 Å². The van der Waals surface area contributed by atoms with Crippen LogP contribution in [0.5, 0.6) is 0 Å². The number of hydrogen-bond donors (Lipinski definition) is 1. The van der Waals surface area contributed by atoms with Crippen molar-refractivity contribution >= 4 is 16.3 Å². The fourth-order valence-electron chi connectivity index (χ4n) is 2.99. The molecule has 3 aromatic rings. The van der Waals surface area contributed by atoms with Crippen molar-refractivity contribution in [2.24, 2.45) is 0 Å². The van der Waals surface area contributed by atoms with E-state index >= 15 is 0 Å². The molecule has 0 amide bonds. The van der Waals surface area contributed by atoms with E-state index in [9.17, 15) is 5.11 Å². The topological polar surface area (TPSA) is 37.5 Å². The molecule has 0 spiro atoms. The highest BCUT2D eigenvalue weighted by molar-refractivity contribution is 7.15. The largest absolute Gasteiger partial charge is 0.388 e. The summed E-state index contributed by atoms with van der Waals surface area (Å²) >= 11 is 1.62. The molecular weight excluding hydrogens is 268 g/mol. The van der Waals surface area contributed by atoms with Crippen molar-refractivity contribution in [3.63, 3.8) is 0 Å². The van der Waals surface area contributed by atoms with Crippen LogP contribution in [0.15, 0.2) is 36.0 Å². The minimum absolute atomic E-state index is 0.467. The summed E-state index contributed by atoms with van der Waals surface area (Å²) in [5, 5.41) is 12.4. The molecule has 2 aromatic heterocycles. The number of aliphatic hydroxyl groups excluding tert-OH is 1. The zero-order chi connectivity index (χ0) is 13.5. The number of aliphatic hydroxyl groups is 1. The standard InChI is InChI=1S/C16H16N2OS/c19-15(9-14-10-18-6-7-20-16(18)17-14)13-5-4-11-2-1-3-12(11)8-13/h4-8,10,15,19H,1-3,9H2. The highest BCUT2D eigenvalue weighted by atomic mass is 32.1. The van der Waals surface area contributed by atoms with E-state index in [1.54, 1.807) is 11.3 Å². The normalized spacial score (nSPS) is 15.7. The summed E-state index contributed by atoms with van der Waals surface area (Å²) in [4.78, 5) is 5.52. The maximum absolute atomic E-state index is 10.4. The number of aryl methyl sites for hydroxylation is 2. The fraction of sp³-hybridized carbons (Fsp3) is 0.312. The van der Waals surface area contributed by atoms with Crippen molar-refractivity contribution in [3.8, 4) is 0 Å². The van der Waals surface area contributed by atoms with Crippen molar-refractivity contribution in [2.45, 2.75) is 31.8 Å². The van der Waals surface area contributed by atoms with Crippen molar-refractivity contribution in [3.05, 3.63) is 58.4 Å². The molecule has 3 nitrogen and oxygen atoms in total. The summed E-state index contributed by atoms with van der Waals surface area (Å²) in [6.07, 6.45) is 7.68. The van der Waals surface area contributed by atoms with Crippen LogP contribution >= 0.6 is 11.3 Å². The van der Waals surface area contributed by atoms with Crippen molar-refractivity contribution in [1.29, 1.82) is 0 Å². The van der Waals surface area contributed by atoms with Crippen LogP contribution in [0.3, 0.4) is 0 Å². The molecule has 0 radical (unpaired) electrons. The molecule has 0 saturated carbocycles. The summed E-state index contributed by atoms with van der Waals surface area (Å²) in [5.74, 6) is 0. The number of imidazole rings is 1. The van der Waals surface area contributed by atoms with E-state index in [0.29, 0.717) is 6.42 Å². The molecule has 4 rings (SSSR count). The van der Waals surface area contributed by atoms with Crippen LogP contribution in [-0.4, -0.2) is 14.5 Å². The molecule has 0 saturated heterocycles. The number of benzene rings is 1. The smallest absolute Gasteiger partial charge is 0.193 e. The van der Waals surface area contributed by atoms with Crippen molar-refractivity contribution in [2.75, 3.05) is 0 Å². The van der Waals surface area contributed by atoms with Gasteiger partial charge in [-0.15, -0.1) is 11.3 Å². The van der Waals surface area contributed by atoms with Crippen LogP contribution in [0.2, 0.25) is 0 Å². The van der Waals surface area contributed by atoms with E-state index in [1.807, 2.05) is 22.2 Å². The SMILES string of the molecule is OC(Cc1cn2ccsc2n1)c1ccc2c(c1)CCC2. The number of hydrogen-bond acceptors (Lipinski definition) is 3. The maximum Gasteiger partial charge on any atom is 0.193 e. The Labute approximate surface area is 121 Å². The molecule has 1 atom stereocenters. The average Bonchev–Trinajstić information content (AvgIpc) is 3.11. The van der Waals surface area contributed by atoms with Crippen LogP contribution in [-0.2, 0) is 19.3 Å². The van der Waals surface area contributed by atoms with Gasteiger partial charge in [-0.25, -0.2) is 4.98 Å². The molecule has 1 unspecified atom stereocenters. The highest BCUT2D eigenvalue weighted by Crippen LogP contribution is 2.27. The minimum Gasteiger partial charge on any atom is -0.388 e. The van der Waals surface area contributed by atoms with Gasteiger partial charge in [-0.1, -0.05) is 18.2 Å². The lowest BCUT2D eigenvalue weighted by atomic mass is 10.0. The molecule has 1 N–H and O–H groups in total. The van der Waals surface area contributed by atoms with Crippen LogP contribution in [0.4, 0.5) is 0 Å². The van der Waals surface area contributed by atoms with E-state index in [-0.39, 0.29) is 0 Å². The second kappa shape index (κ2) is 4.72. The second-order valence-corrected chi connectivity index (χ2v) is 6.30. The zero-order valence-electron chi connectivity index (χ0n) is 11.1. The fourth-order valence-corrected chi connectivity index (χ4v) is 3.71. The van der Waals surface area contributed by atoms with E-state index < -0.39 is 6.10 Å².